The van der Waals surface area contributed by atoms with Crippen molar-refractivity contribution in [3.8, 4) is 0 Å². The van der Waals surface area contributed by atoms with E-state index in [1.54, 1.807) is 12.1 Å². The van der Waals surface area contributed by atoms with Crippen LogP contribution < -0.4 is 11.1 Å². The number of rotatable bonds is 2. The summed E-state index contributed by atoms with van der Waals surface area (Å²) in [6, 6.07) is 7.09. The Morgan fingerprint density at radius 1 is 1.08 bits per heavy atom. The zero-order chi connectivity index (χ0) is 17.6. The van der Waals surface area contributed by atoms with Gasteiger partial charge in [0, 0.05) is 12.0 Å². The number of sulfone groups is 1. The number of benzene rings is 1. The van der Waals surface area contributed by atoms with Crippen LogP contribution in [0, 0.1) is 17.8 Å². The fourth-order valence-electron chi connectivity index (χ4n) is 5.03. The molecule has 3 atom stereocenters. The molecule has 0 saturated heterocycles. The Morgan fingerprint density at radius 2 is 1.76 bits per heavy atom. The van der Waals surface area contributed by atoms with E-state index in [1.807, 2.05) is 12.1 Å². The average molecular weight is 362 g/mol. The predicted molar refractivity (Wildman–Crippen MR) is 95.5 cm³/mol. The first-order valence-corrected chi connectivity index (χ1v) is 11.0. The SMILES string of the molecule is NC1C2CCCC1CC(C(=O)NC1CCS(=O)(=O)c3ccccc31)C2. The van der Waals surface area contributed by atoms with Gasteiger partial charge in [0.2, 0.25) is 5.91 Å². The highest BCUT2D eigenvalue weighted by Gasteiger charge is 2.41. The van der Waals surface area contributed by atoms with Crippen molar-refractivity contribution in [2.75, 3.05) is 5.75 Å². The fourth-order valence-corrected chi connectivity index (χ4v) is 6.65. The number of carbonyl (C=O) groups is 1. The molecule has 25 heavy (non-hydrogen) atoms. The molecule has 2 aliphatic carbocycles. The minimum atomic E-state index is -3.22. The van der Waals surface area contributed by atoms with Gasteiger partial charge < -0.3 is 11.1 Å². The van der Waals surface area contributed by atoms with Crippen LogP contribution in [0.1, 0.15) is 50.1 Å². The van der Waals surface area contributed by atoms with Crippen LogP contribution in [0.3, 0.4) is 0 Å². The lowest BCUT2D eigenvalue weighted by atomic mass is 9.65. The van der Waals surface area contributed by atoms with E-state index in [2.05, 4.69) is 5.32 Å². The molecule has 1 aromatic rings. The third-order valence-electron chi connectivity index (χ3n) is 6.41. The van der Waals surface area contributed by atoms with Gasteiger partial charge in [-0.15, -0.1) is 0 Å². The third kappa shape index (κ3) is 3.10. The van der Waals surface area contributed by atoms with Crippen LogP contribution in [0.15, 0.2) is 29.2 Å². The van der Waals surface area contributed by atoms with Crippen LogP contribution in [-0.4, -0.2) is 26.1 Å². The Bertz CT molecular complexity index is 763. The second kappa shape index (κ2) is 6.40. The molecule has 1 aliphatic heterocycles. The monoisotopic (exact) mass is 362 g/mol. The maximum Gasteiger partial charge on any atom is 0.223 e. The zero-order valence-corrected chi connectivity index (χ0v) is 15.2. The Balaban J connectivity index is 1.50. The van der Waals surface area contributed by atoms with Crippen molar-refractivity contribution in [2.45, 2.75) is 55.5 Å². The third-order valence-corrected chi connectivity index (χ3v) is 8.22. The van der Waals surface area contributed by atoms with Gasteiger partial charge in [0.1, 0.15) is 0 Å². The Morgan fingerprint density at radius 3 is 2.48 bits per heavy atom. The molecule has 0 radical (unpaired) electrons. The van der Waals surface area contributed by atoms with Gasteiger partial charge in [0.15, 0.2) is 9.84 Å². The van der Waals surface area contributed by atoms with Gasteiger partial charge in [-0.2, -0.15) is 0 Å². The van der Waals surface area contributed by atoms with Crippen molar-refractivity contribution in [3.63, 3.8) is 0 Å². The number of hydrogen-bond donors (Lipinski definition) is 2. The van der Waals surface area contributed by atoms with E-state index in [4.69, 9.17) is 5.73 Å². The Hall–Kier alpha value is -1.40. The quantitative estimate of drug-likeness (QED) is 0.844. The minimum Gasteiger partial charge on any atom is -0.349 e. The highest BCUT2D eigenvalue weighted by Crippen LogP contribution is 2.42. The normalized spacial score (nSPS) is 36.3. The summed E-state index contributed by atoms with van der Waals surface area (Å²) in [5.41, 5.74) is 7.06. The van der Waals surface area contributed by atoms with E-state index in [9.17, 15) is 13.2 Å². The van der Waals surface area contributed by atoms with Crippen molar-refractivity contribution in [2.24, 2.45) is 23.5 Å². The van der Waals surface area contributed by atoms with Crippen LogP contribution in [0.5, 0.6) is 0 Å². The molecule has 2 saturated carbocycles. The molecule has 3 aliphatic rings. The molecule has 1 aromatic carbocycles. The number of nitrogens with two attached hydrogens (primary N) is 1. The fraction of sp³-hybridized carbons (Fsp3) is 0.632. The lowest BCUT2D eigenvalue weighted by Gasteiger charge is -2.43. The molecule has 5 nitrogen and oxygen atoms in total. The summed E-state index contributed by atoms with van der Waals surface area (Å²) in [7, 11) is -3.22. The summed E-state index contributed by atoms with van der Waals surface area (Å²) in [6.07, 6.45) is 5.68. The van der Waals surface area contributed by atoms with Crippen molar-refractivity contribution in [1.29, 1.82) is 0 Å². The molecule has 1 heterocycles. The van der Waals surface area contributed by atoms with Gasteiger partial charge in [0.25, 0.3) is 0 Å². The van der Waals surface area contributed by atoms with E-state index in [-0.39, 0.29) is 29.7 Å². The topological polar surface area (TPSA) is 89.3 Å². The summed E-state index contributed by atoms with van der Waals surface area (Å²) in [4.78, 5) is 13.2. The van der Waals surface area contributed by atoms with E-state index in [0.717, 1.165) is 31.2 Å². The summed E-state index contributed by atoms with van der Waals surface area (Å²) in [6.45, 7) is 0. The first-order valence-electron chi connectivity index (χ1n) is 9.33. The Labute approximate surface area is 149 Å². The van der Waals surface area contributed by atoms with Crippen molar-refractivity contribution >= 4 is 15.7 Å². The van der Waals surface area contributed by atoms with Crippen LogP contribution in [0.4, 0.5) is 0 Å². The van der Waals surface area contributed by atoms with Gasteiger partial charge in [0.05, 0.1) is 16.7 Å². The smallest absolute Gasteiger partial charge is 0.223 e. The predicted octanol–water partition coefficient (Wildman–Crippen LogP) is 2.17. The molecule has 2 bridgehead atoms. The van der Waals surface area contributed by atoms with E-state index < -0.39 is 9.84 Å². The van der Waals surface area contributed by atoms with E-state index >= 15 is 0 Å². The summed E-state index contributed by atoms with van der Waals surface area (Å²) in [5, 5.41) is 3.14. The Kier molecular flexibility index (Phi) is 4.36. The molecule has 0 aromatic heterocycles. The molecule has 3 N–H and O–H groups in total. The van der Waals surface area contributed by atoms with Crippen LogP contribution in [0.2, 0.25) is 0 Å². The standard InChI is InChI=1S/C19H26N2O3S/c20-18-12-4-3-5-13(18)11-14(10-12)19(22)21-16-8-9-25(23,24)17-7-2-1-6-15(16)17/h1-2,6-7,12-14,16,18H,3-5,8-11,20H2,(H,21,22). The zero-order valence-electron chi connectivity index (χ0n) is 14.4. The second-order valence-corrected chi connectivity index (χ2v) is 9.98. The first kappa shape index (κ1) is 17.0. The number of hydrogen-bond acceptors (Lipinski definition) is 4. The highest BCUT2D eigenvalue weighted by atomic mass is 32.2. The van der Waals surface area contributed by atoms with Gasteiger partial charge in [-0.1, -0.05) is 24.6 Å². The highest BCUT2D eigenvalue weighted by molar-refractivity contribution is 7.91. The number of fused-ring (bicyclic) bond motifs is 3. The summed E-state index contributed by atoms with van der Waals surface area (Å²) >= 11 is 0. The first-order chi connectivity index (χ1) is 12.0. The molecular formula is C19H26N2O3S. The molecule has 6 heteroatoms. The van der Waals surface area contributed by atoms with Gasteiger partial charge in [-0.05, 0) is 55.6 Å². The lowest BCUT2D eigenvalue weighted by molar-refractivity contribution is -0.128. The molecule has 2 fully saturated rings. The summed E-state index contributed by atoms with van der Waals surface area (Å²) in [5.74, 6) is 1.10. The average Bonchev–Trinajstić information content (AvgIpc) is 2.57. The largest absolute Gasteiger partial charge is 0.349 e. The molecule has 136 valence electrons. The lowest BCUT2D eigenvalue weighted by Crippen LogP contribution is -2.49. The maximum atomic E-state index is 12.9. The van der Waals surface area contributed by atoms with Gasteiger partial charge in [-0.3, -0.25) is 4.79 Å². The van der Waals surface area contributed by atoms with Crippen LogP contribution >= 0.6 is 0 Å². The minimum absolute atomic E-state index is 0.0146. The van der Waals surface area contributed by atoms with Crippen LogP contribution in [-0.2, 0) is 14.6 Å². The van der Waals surface area contributed by atoms with Crippen molar-refractivity contribution < 1.29 is 13.2 Å². The van der Waals surface area contributed by atoms with Gasteiger partial charge >= 0.3 is 0 Å². The van der Waals surface area contributed by atoms with Crippen molar-refractivity contribution in [3.05, 3.63) is 29.8 Å². The molecule has 3 unspecified atom stereocenters. The maximum absolute atomic E-state index is 12.9. The van der Waals surface area contributed by atoms with Crippen LogP contribution in [0.25, 0.3) is 0 Å². The summed E-state index contributed by atoms with van der Waals surface area (Å²) < 4.78 is 24.5. The van der Waals surface area contributed by atoms with E-state index in [1.165, 1.54) is 6.42 Å². The molecule has 4 rings (SSSR count). The number of carbonyl (C=O) groups excluding carboxylic acids is 1. The molecule has 1 amide bonds. The number of amides is 1. The van der Waals surface area contributed by atoms with Gasteiger partial charge in [-0.25, -0.2) is 8.42 Å². The molecule has 0 spiro atoms. The molecular weight excluding hydrogens is 336 g/mol. The van der Waals surface area contributed by atoms with E-state index in [0.29, 0.717) is 23.2 Å². The second-order valence-electron chi connectivity index (χ2n) is 7.90. The van der Waals surface area contributed by atoms with Crippen molar-refractivity contribution in [1.82, 2.24) is 5.32 Å². The number of nitrogens with one attached hydrogen (secondary N) is 1.